The number of hydrogen-bond acceptors (Lipinski definition) is 6. The number of ether oxygens (including phenoxy) is 1. The van der Waals surface area contributed by atoms with Gasteiger partial charge >= 0.3 is 0 Å². The van der Waals surface area contributed by atoms with Gasteiger partial charge in [0.2, 0.25) is 0 Å². The van der Waals surface area contributed by atoms with Gasteiger partial charge in [-0.25, -0.2) is 0 Å². The summed E-state index contributed by atoms with van der Waals surface area (Å²) in [6.45, 7) is 3.58. The first-order valence-electron chi connectivity index (χ1n) is 7.61. The Bertz CT molecular complexity index is 709. The third kappa shape index (κ3) is 5.20. The molecule has 2 rings (SSSR count). The second-order valence-corrected chi connectivity index (χ2v) is 5.44. The molecule has 0 saturated carbocycles. The van der Waals surface area contributed by atoms with Crippen molar-refractivity contribution in [3.8, 4) is 5.75 Å². The predicted octanol–water partition coefficient (Wildman–Crippen LogP) is 1.96. The van der Waals surface area contributed by atoms with Crippen molar-refractivity contribution in [2.45, 2.75) is 33.0 Å². The molecule has 128 valence electrons. The van der Waals surface area contributed by atoms with E-state index in [-0.39, 0.29) is 24.0 Å². The minimum atomic E-state index is -0.475. The van der Waals surface area contributed by atoms with Crippen LogP contribution < -0.4 is 10.1 Å². The molecule has 1 aromatic carbocycles. The Morgan fingerprint density at radius 3 is 2.88 bits per heavy atom. The van der Waals surface area contributed by atoms with Crippen LogP contribution in [0.25, 0.3) is 0 Å². The lowest BCUT2D eigenvalue weighted by atomic mass is 10.1. The zero-order valence-electron chi connectivity index (χ0n) is 13.6. The van der Waals surface area contributed by atoms with Gasteiger partial charge in [0.1, 0.15) is 12.4 Å². The number of aliphatic hydroxyl groups excluding tert-OH is 1. The normalized spacial score (nSPS) is 11.8. The molecule has 0 aliphatic rings. The van der Waals surface area contributed by atoms with Crippen LogP contribution in [-0.4, -0.2) is 34.6 Å². The van der Waals surface area contributed by atoms with Gasteiger partial charge in [-0.3, -0.25) is 9.59 Å². The van der Waals surface area contributed by atoms with Gasteiger partial charge in [-0.1, -0.05) is 17.3 Å². The number of hydrogen-bond donors (Lipinski definition) is 2. The lowest BCUT2D eigenvalue weighted by molar-refractivity contribution is 0.0935. The highest BCUT2D eigenvalue weighted by atomic mass is 16.5. The molecule has 1 heterocycles. The summed E-state index contributed by atoms with van der Waals surface area (Å²) < 4.78 is 10.6. The topological polar surface area (TPSA) is 102 Å². The lowest BCUT2D eigenvalue weighted by Gasteiger charge is -2.04. The first-order chi connectivity index (χ1) is 11.5. The largest absolute Gasteiger partial charge is 0.486 e. The summed E-state index contributed by atoms with van der Waals surface area (Å²) in [6, 6.07) is 8.30. The van der Waals surface area contributed by atoms with Gasteiger partial charge in [0.25, 0.3) is 5.91 Å². The third-order valence-corrected chi connectivity index (χ3v) is 3.26. The van der Waals surface area contributed by atoms with Crippen molar-refractivity contribution in [1.29, 1.82) is 0 Å². The minimum absolute atomic E-state index is 0.0451. The van der Waals surface area contributed by atoms with E-state index in [2.05, 4.69) is 10.5 Å². The number of aliphatic hydroxyl groups is 1. The summed E-state index contributed by atoms with van der Waals surface area (Å²) in [5.74, 6) is 0.506. The number of nitrogens with zero attached hydrogens (tertiary/aromatic N) is 1. The number of nitrogens with one attached hydrogen (secondary N) is 1. The third-order valence-electron chi connectivity index (χ3n) is 3.26. The molecule has 0 fully saturated rings. The zero-order valence-corrected chi connectivity index (χ0v) is 13.6. The van der Waals surface area contributed by atoms with Crippen LogP contribution in [0.5, 0.6) is 5.75 Å². The molecule has 0 spiro atoms. The smallest absolute Gasteiger partial charge is 0.273 e. The number of carbonyl (C=O) groups is 2. The Balaban J connectivity index is 1.88. The highest BCUT2D eigenvalue weighted by Gasteiger charge is 2.13. The van der Waals surface area contributed by atoms with E-state index in [1.807, 2.05) is 0 Å². The molecule has 0 bridgehead atoms. The van der Waals surface area contributed by atoms with Crippen LogP contribution in [0.1, 0.15) is 46.9 Å². The second-order valence-electron chi connectivity index (χ2n) is 5.44. The fourth-order valence-electron chi connectivity index (χ4n) is 1.93. The van der Waals surface area contributed by atoms with Crippen molar-refractivity contribution in [2.24, 2.45) is 0 Å². The molecule has 1 atom stereocenters. The van der Waals surface area contributed by atoms with E-state index in [0.717, 1.165) is 0 Å². The van der Waals surface area contributed by atoms with Crippen LogP contribution in [0.3, 0.4) is 0 Å². The maximum Gasteiger partial charge on any atom is 0.273 e. The molecular formula is C17H20N2O5. The Hall–Kier alpha value is -2.67. The number of aromatic nitrogens is 1. The molecule has 2 N–H and O–H groups in total. The van der Waals surface area contributed by atoms with Crippen LogP contribution in [0, 0.1) is 0 Å². The number of amides is 1. The van der Waals surface area contributed by atoms with E-state index >= 15 is 0 Å². The summed E-state index contributed by atoms with van der Waals surface area (Å²) in [4.78, 5) is 23.2. The van der Waals surface area contributed by atoms with Gasteiger partial charge < -0.3 is 19.7 Å². The molecule has 1 amide bonds. The van der Waals surface area contributed by atoms with Crippen molar-refractivity contribution < 1.29 is 24.0 Å². The summed E-state index contributed by atoms with van der Waals surface area (Å²) in [6.07, 6.45) is -0.0104. The lowest BCUT2D eigenvalue weighted by Crippen LogP contribution is -2.26. The van der Waals surface area contributed by atoms with Gasteiger partial charge in [-0.05, 0) is 32.4 Å². The number of rotatable bonds is 8. The number of ketones is 1. The molecule has 0 aliphatic heterocycles. The molecule has 2 aromatic rings. The second kappa shape index (κ2) is 8.26. The van der Waals surface area contributed by atoms with E-state index in [0.29, 0.717) is 30.0 Å². The minimum Gasteiger partial charge on any atom is -0.486 e. The first-order valence-corrected chi connectivity index (χ1v) is 7.61. The molecule has 7 heteroatoms. The summed E-state index contributed by atoms with van der Waals surface area (Å²) in [7, 11) is 0. The maximum absolute atomic E-state index is 11.8. The van der Waals surface area contributed by atoms with Gasteiger partial charge in [0.05, 0.1) is 6.10 Å². The van der Waals surface area contributed by atoms with Crippen molar-refractivity contribution in [1.82, 2.24) is 10.5 Å². The standard InChI is InChI=1S/C17H20N2O5/c1-11(20)6-7-18-17(22)16-9-15(24-19-16)10-23-14-5-3-4-13(8-14)12(2)21/h3-5,8-9,11,20H,6-7,10H2,1-2H3,(H,18,22). The Morgan fingerprint density at radius 1 is 1.38 bits per heavy atom. The van der Waals surface area contributed by atoms with Gasteiger partial charge in [-0.15, -0.1) is 0 Å². The summed E-state index contributed by atoms with van der Waals surface area (Å²) >= 11 is 0. The van der Waals surface area contributed by atoms with E-state index < -0.39 is 6.10 Å². The van der Waals surface area contributed by atoms with Crippen molar-refractivity contribution >= 4 is 11.7 Å². The van der Waals surface area contributed by atoms with Crippen molar-refractivity contribution in [3.05, 3.63) is 47.3 Å². The summed E-state index contributed by atoms with van der Waals surface area (Å²) in [5, 5.41) is 15.5. The average Bonchev–Trinajstić information content (AvgIpc) is 3.02. The predicted molar refractivity (Wildman–Crippen MR) is 85.9 cm³/mol. The van der Waals surface area contributed by atoms with Crippen LogP contribution in [0.15, 0.2) is 34.9 Å². The van der Waals surface area contributed by atoms with E-state index in [4.69, 9.17) is 14.4 Å². The molecule has 1 unspecified atom stereocenters. The molecule has 0 radical (unpaired) electrons. The molecule has 24 heavy (non-hydrogen) atoms. The average molecular weight is 332 g/mol. The fraction of sp³-hybridized carbons (Fsp3) is 0.353. The first kappa shape index (κ1) is 17.7. The molecule has 0 saturated heterocycles. The van der Waals surface area contributed by atoms with Gasteiger partial charge in [0.15, 0.2) is 17.2 Å². The Kier molecular flexibility index (Phi) is 6.08. The van der Waals surface area contributed by atoms with E-state index in [1.54, 1.807) is 31.2 Å². The monoisotopic (exact) mass is 332 g/mol. The van der Waals surface area contributed by atoms with E-state index in [9.17, 15) is 9.59 Å². The Morgan fingerprint density at radius 2 is 2.17 bits per heavy atom. The number of carbonyl (C=O) groups excluding carboxylic acids is 2. The van der Waals surface area contributed by atoms with Crippen LogP contribution >= 0.6 is 0 Å². The van der Waals surface area contributed by atoms with Crippen LogP contribution in [0.4, 0.5) is 0 Å². The van der Waals surface area contributed by atoms with Crippen molar-refractivity contribution in [2.75, 3.05) is 6.54 Å². The summed E-state index contributed by atoms with van der Waals surface area (Å²) in [5.41, 5.74) is 0.708. The van der Waals surface area contributed by atoms with Crippen LogP contribution in [0.2, 0.25) is 0 Å². The van der Waals surface area contributed by atoms with Gasteiger partial charge in [-0.2, -0.15) is 0 Å². The zero-order chi connectivity index (χ0) is 17.5. The SMILES string of the molecule is CC(=O)c1cccc(OCc2cc(C(=O)NCCC(C)O)no2)c1. The molecular weight excluding hydrogens is 312 g/mol. The number of Topliss-reactive ketones (excluding diaryl/α,β-unsaturated/α-hetero) is 1. The highest BCUT2D eigenvalue weighted by molar-refractivity contribution is 5.94. The van der Waals surface area contributed by atoms with Crippen molar-refractivity contribution in [3.63, 3.8) is 0 Å². The van der Waals surface area contributed by atoms with Crippen LogP contribution in [-0.2, 0) is 6.61 Å². The maximum atomic E-state index is 11.8. The van der Waals surface area contributed by atoms with E-state index in [1.165, 1.54) is 13.0 Å². The molecule has 0 aliphatic carbocycles. The Labute approximate surface area is 139 Å². The number of benzene rings is 1. The highest BCUT2D eigenvalue weighted by Crippen LogP contribution is 2.16. The van der Waals surface area contributed by atoms with Gasteiger partial charge in [0, 0.05) is 18.2 Å². The quantitative estimate of drug-likeness (QED) is 0.717. The molecule has 7 nitrogen and oxygen atoms in total. The fourth-order valence-corrected chi connectivity index (χ4v) is 1.93. The molecule has 1 aromatic heterocycles.